The number of nitrogen functional groups attached to an aromatic ring is 1. The number of carbonyl (C=O) groups excluding carboxylic acids is 1. The molecule has 0 amide bonds. The van der Waals surface area contributed by atoms with Crippen LogP contribution in [0.1, 0.15) is 40.3 Å². The normalized spacial score (nSPS) is 24.4. The molecule has 7 unspecified atom stereocenters. The number of esters is 1. The summed E-state index contributed by atoms with van der Waals surface area (Å²) in [6.45, 7) is 6.58. The zero-order valence-corrected chi connectivity index (χ0v) is 22.8. The van der Waals surface area contributed by atoms with E-state index in [4.69, 9.17) is 24.3 Å². The molecular weight excluding hydrogens is 531 g/mol. The minimum Gasteiger partial charge on any atom is -0.462 e. The minimum atomic E-state index is -4.27. The highest BCUT2D eigenvalue weighted by molar-refractivity contribution is 7.52. The van der Waals surface area contributed by atoms with Crippen molar-refractivity contribution in [2.75, 3.05) is 5.73 Å². The Morgan fingerprint density at radius 3 is 2.56 bits per heavy atom. The van der Waals surface area contributed by atoms with Gasteiger partial charge in [0.2, 0.25) is 0 Å². The molecule has 1 aliphatic rings. The number of aromatic nitrogens is 4. The maximum atomic E-state index is 14.0. The Morgan fingerprint density at radius 1 is 1.18 bits per heavy atom. The molecule has 1 aliphatic heterocycles. The van der Waals surface area contributed by atoms with Crippen LogP contribution >= 0.6 is 7.75 Å². The number of carbonyl (C=O) groups is 1. The number of hydrogen-bond donors (Lipinski definition) is 4. The number of imidazole rings is 1. The third kappa shape index (κ3) is 6.38. The Labute approximate surface area is 225 Å². The second kappa shape index (κ2) is 11.9. The van der Waals surface area contributed by atoms with E-state index in [9.17, 15) is 19.6 Å². The van der Waals surface area contributed by atoms with E-state index >= 15 is 0 Å². The monoisotopic (exact) mass is 564 g/mol. The van der Waals surface area contributed by atoms with Gasteiger partial charge >= 0.3 is 13.7 Å². The SMILES string of the molecule is CCC(OP(=O)(NC(C)C(=O)OC(C)C)Oc1ccccc1)C1OC(n2cnc3c(N)ncnc32)C(O)C1O. The summed E-state index contributed by atoms with van der Waals surface area (Å²) in [6.07, 6.45) is -3.71. The lowest BCUT2D eigenvalue weighted by molar-refractivity contribution is -0.149. The smallest absolute Gasteiger partial charge is 0.459 e. The molecule has 39 heavy (non-hydrogen) atoms. The van der Waals surface area contributed by atoms with Crippen LogP contribution in [-0.4, -0.2) is 72.3 Å². The number of rotatable bonds is 11. The molecule has 1 fully saturated rings. The third-order valence-corrected chi connectivity index (χ3v) is 7.71. The van der Waals surface area contributed by atoms with Crippen molar-refractivity contribution in [1.29, 1.82) is 0 Å². The van der Waals surface area contributed by atoms with Crippen molar-refractivity contribution in [1.82, 2.24) is 24.6 Å². The number of nitrogens with two attached hydrogens (primary N) is 1. The zero-order chi connectivity index (χ0) is 28.3. The van der Waals surface area contributed by atoms with Crippen LogP contribution in [0.3, 0.4) is 0 Å². The molecule has 5 N–H and O–H groups in total. The maximum absolute atomic E-state index is 14.0. The topological polar surface area (TPSA) is 193 Å². The fourth-order valence-corrected chi connectivity index (χ4v) is 5.91. The van der Waals surface area contributed by atoms with E-state index in [-0.39, 0.29) is 24.1 Å². The van der Waals surface area contributed by atoms with E-state index in [0.29, 0.717) is 11.2 Å². The van der Waals surface area contributed by atoms with Gasteiger partial charge < -0.3 is 29.9 Å². The Balaban J connectivity index is 1.59. The average Bonchev–Trinajstić information content (AvgIpc) is 3.44. The molecule has 0 saturated carbocycles. The van der Waals surface area contributed by atoms with Gasteiger partial charge in [-0.25, -0.2) is 19.5 Å². The van der Waals surface area contributed by atoms with E-state index in [1.54, 1.807) is 51.1 Å². The van der Waals surface area contributed by atoms with Crippen LogP contribution in [-0.2, 0) is 23.4 Å². The Morgan fingerprint density at radius 2 is 1.90 bits per heavy atom. The van der Waals surface area contributed by atoms with Crippen molar-refractivity contribution in [2.45, 2.75) is 76.9 Å². The summed E-state index contributed by atoms with van der Waals surface area (Å²) in [4.78, 5) is 24.7. The molecule has 15 heteroatoms. The molecule has 1 aromatic carbocycles. The molecule has 212 valence electrons. The molecule has 3 aromatic rings. The molecule has 0 spiro atoms. The van der Waals surface area contributed by atoms with E-state index < -0.39 is 50.4 Å². The van der Waals surface area contributed by atoms with E-state index in [0.717, 1.165) is 0 Å². The molecule has 2 aromatic heterocycles. The van der Waals surface area contributed by atoms with Gasteiger partial charge in [-0.1, -0.05) is 25.1 Å². The number of anilines is 1. The second-order valence-corrected chi connectivity index (χ2v) is 11.0. The quantitative estimate of drug-likeness (QED) is 0.195. The highest BCUT2D eigenvalue weighted by Gasteiger charge is 2.50. The largest absolute Gasteiger partial charge is 0.462 e. The third-order valence-electron chi connectivity index (χ3n) is 6.01. The summed E-state index contributed by atoms with van der Waals surface area (Å²) < 4.78 is 38.3. The molecule has 4 rings (SSSR count). The van der Waals surface area contributed by atoms with Crippen molar-refractivity contribution < 1.29 is 38.1 Å². The number of aliphatic hydroxyl groups excluding tert-OH is 2. The fraction of sp³-hybridized carbons (Fsp3) is 0.500. The van der Waals surface area contributed by atoms with Crippen LogP contribution in [0.4, 0.5) is 5.82 Å². The van der Waals surface area contributed by atoms with Crippen LogP contribution in [0.25, 0.3) is 11.2 Å². The first kappa shape index (κ1) is 28.9. The number of aliphatic hydroxyl groups is 2. The Bertz CT molecular complexity index is 1320. The van der Waals surface area contributed by atoms with Gasteiger partial charge in [0.15, 0.2) is 17.7 Å². The van der Waals surface area contributed by atoms with Crippen molar-refractivity contribution in [3.63, 3.8) is 0 Å². The van der Waals surface area contributed by atoms with E-state index in [1.807, 2.05) is 0 Å². The second-order valence-electron chi connectivity index (χ2n) is 9.35. The molecule has 7 atom stereocenters. The summed E-state index contributed by atoms with van der Waals surface area (Å²) in [6, 6.07) is 7.22. The summed E-state index contributed by atoms with van der Waals surface area (Å²) in [5.74, 6) is -0.284. The van der Waals surface area contributed by atoms with Crippen molar-refractivity contribution in [3.8, 4) is 5.75 Å². The van der Waals surface area contributed by atoms with Crippen LogP contribution in [0.5, 0.6) is 5.75 Å². The number of hydrogen-bond acceptors (Lipinski definition) is 12. The van der Waals surface area contributed by atoms with Gasteiger partial charge in [0.05, 0.1) is 18.5 Å². The standard InChI is InChI=1S/C24H33N6O8P/c1-5-16(20-18(31)19(32)23(36-20)30-12-28-17-21(25)26-11-27-22(17)30)38-39(34,37-15-9-7-6-8-10-15)29-14(4)24(33)35-13(2)3/h6-14,16,18-20,23,31-32H,5H2,1-4H3,(H,29,34)(H2,25,26,27). The zero-order valence-electron chi connectivity index (χ0n) is 21.9. The highest BCUT2D eigenvalue weighted by Crippen LogP contribution is 2.48. The number of para-hydroxylation sites is 1. The summed E-state index contributed by atoms with van der Waals surface area (Å²) in [7, 11) is -4.27. The van der Waals surface area contributed by atoms with E-state index in [1.165, 1.54) is 24.1 Å². The van der Waals surface area contributed by atoms with Crippen molar-refractivity contribution >= 4 is 30.7 Å². The lowest BCUT2D eigenvalue weighted by atomic mass is 10.0. The van der Waals surface area contributed by atoms with Crippen LogP contribution in [0.2, 0.25) is 0 Å². The average molecular weight is 565 g/mol. The van der Waals surface area contributed by atoms with Gasteiger partial charge in [-0.3, -0.25) is 13.9 Å². The number of nitrogens with one attached hydrogen (secondary N) is 1. The number of benzene rings is 1. The first-order valence-corrected chi connectivity index (χ1v) is 14.0. The molecule has 1 saturated heterocycles. The molecule has 14 nitrogen and oxygen atoms in total. The van der Waals surface area contributed by atoms with Gasteiger partial charge in [-0.05, 0) is 39.3 Å². The molecular formula is C24H33N6O8P. The van der Waals surface area contributed by atoms with Gasteiger partial charge in [0.25, 0.3) is 0 Å². The number of ether oxygens (including phenoxy) is 2. The predicted molar refractivity (Wildman–Crippen MR) is 139 cm³/mol. The minimum absolute atomic E-state index is 0.147. The lowest BCUT2D eigenvalue weighted by Crippen LogP contribution is -2.42. The van der Waals surface area contributed by atoms with Gasteiger partial charge in [-0.2, -0.15) is 5.09 Å². The van der Waals surface area contributed by atoms with E-state index in [2.05, 4.69) is 20.0 Å². The highest BCUT2D eigenvalue weighted by atomic mass is 31.2. The maximum Gasteiger partial charge on any atom is 0.459 e. The molecule has 3 heterocycles. The van der Waals surface area contributed by atoms with Crippen molar-refractivity contribution in [2.24, 2.45) is 0 Å². The number of fused-ring (bicyclic) bond motifs is 1. The summed E-state index contributed by atoms with van der Waals surface area (Å²) >= 11 is 0. The predicted octanol–water partition coefficient (Wildman–Crippen LogP) is 1.94. The van der Waals surface area contributed by atoms with Gasteiger partial charge in [-0.15, -0.1) is 0 Å². The summed E-state index contributed by atoms with van der Waals surface area (Å²) in [5.41, 5.74) is 6.47. The Hall–Kier alpha value is -3.13. The number of nitrogens with zero attached hydrogens (tertiary/aromatic N) is 4. The molecule has 0 aliphatic carbocycles. The fourth-order valence-electron chi connectivity index (χ4n) is 4.15. The Kier molecular flexibility index (Phi) is 8.84. The first-order valence-electron chi connectivity index (χ1n) is 12.5. The molecule has 0 radical (unpaired) electrons. The van der Waals surface area contributed by atoms with Crippen LogP contribution in [0, 0.1) is 0 Å². The lowest BCUT2D eigenvalue weighted by Gasteiger charge is -2.30. The van der Waals surface area contributed by atoms with Gasteiger partial charge in [0, 0.05) is 0 Å². The van der Waals surface area contributed by atoms with Crippen molar-refractivity contribution in [3.05, 3.63) is 43.0 Å². The van der Waals surface area contributed by atoms with Crippen LogP contribution in [0.15, 0.2) is 43.0 Å². The van der Waals surface area contributed by atoms with Gasteiger partial charge in [0.1, 0.15) is 41.9 Å². The first-order chi connectivity index (χ1) is 18.5. The summed E-state index contributed by atoms with van der Waals surface area (Å²) in [5, 5.41) is 24.4. The molecule has 0 bridgehead atoms. The van der Waals surface area contributed by atoms with Crippen LogP contribution < -0.4 is 15.3 Å².